The second-order valence-corrected chi connectivity index (χ2v) is 14.1. The molecule has 0 saturated heterocycles. The van der Waals surface area contributed by atoms with Crippen LogP contribution in [0.2, 0.25) is 5.02 Å². The highest BCUT2D eigenvalue weighted by atomic mass is 35.5. The number of rotatable bonds is 17. The summed E-state index contributed by atoms with van der Waals surface area (Å²) in [5.74, 6) is -1.98. The van der Waals surface area contributed by atoms with Crippen LogP contribution in [-0.4, -0.2) is 77.2 Å². The molecule has 0 bridgehead atoms. The number of aromatic nitrogens is 2. The first-order chi connectivity index (χ1) is 27.1. The molecular formula is C38H42Cl3N9O8S. The quantitative estimate of drug-likeness (QED) is 0.0738. The van der Waals surface area contributed by atoms with Gasteiger partial charge in [-0.2, -0.15) is 10.5 Å². The molecule has 2 aromatic heterocycles. The first-order valence-corrected chi connectivity index (χ1v) is 18.7. The number of amides is 2. The van der Waals surface area contributed by atoms with E-state index in [1.807, 2.05) is 6.07 Å². The number of hydrogen-bond donors (Lipinski definition) is 5. The summed E-state index contributed by atoms with van der Waals surface area (Å²) >= 11 is 7.18. The van der Waals surface area contributed by atoms with Crippen LogP contribution < -0.4 is 32.6 Å². The van der Waals surface area contributed by atoms with Gasteiger partial charge in [0.2, 0.25) is 17.7 Å². The van der Waals surface area contributed by atoms with Crippen molar-refractivity contribution in [1.82, 2.24) is 20.6 Å². The van der Waals surface area contributed by atoms with E-state index < -0.39 is 60.6 Å². The van der Waals surface area contributed by atoms with Crippen molar-refractivity contribution in [3.05, 3.63) is 76.6 Å². The van der Waals surface area contributed by atoms with E-state index in [0.717, 1.165) is 5.56 Å². The lowest BCUT2D eigenvalue weighted by Gasteiger charge is -2.22. The number of carbonyl (C=O) groups excluding carboxylic acids is 4. The van der Waals surface area contributed by atoms with Crippen molar-refractivity contribution >= 4 is 77.7 Å². The topological polar surface area (TPSA) is 285 Å². The molecule has 0 aliphatic heterocycles. The van der Waals surface area contributed by atoms with Crippen molar-refractivity contribution in [2.75, 3.05) is 18.9 Å². The number of hydrogen-bond acceptors (Lipinski definition) is 16. The number of nitrogens with two attached hydrogens (primary N) is 3. The maximum atomic E-state index is 12.9. The van der Waals surface area contributed by atoms with E-state index in [1.54, 1.807) is 48.5 Å². The molecule has 8 N–H and O–H groups in total. The van der Waals surface area contributed by atoms with Crippen molar-refractivity contribution in [3.8, 4) is 40.5 Å². The first-order valence-electron chi connectivity index (χ1n) is 17.3. The second kappa shape index (κ2) is 23.1. The molecule has 0 aliphatic carbocycles. The molecule has 0 aliphatic rings. The number of halogens is 3. The average molecular weight is 891 g/mol. The predicted octanol–water partition coefficient (Wildman–Crippen LogP) is 4.06. The van der Waals surface area contributed by atoms with E-state index in [4.69, 9.17) is 47.4 Å². The number of oxazole rings is 1. The predicted molar refractivity (Wildman–Crippen MR) is 223 cm³/mol. The van der Waals surface area contributed by atoms with Crippen molar-refractivity contribution in [1.29, 1.82) is 10.5 Å². The number of esters is 2. The Morgan fingerprint density at radius 3 is 1.95 bits per heavy atom. The Kier molecular flexibility index (Phi) is 19.4. The summed E-state index contributed by atoms with van der Waals surface area (Å²) in [5.41, 5.74) is 19.5. The van der Waals surface area contributed by atoms with E-state index in [0.29, 0.717) is 22.2 Å². The van der Waals surface area contributed by atoms with Gasteiger partial charge in [0, 0.05) is 21.9 Å². The second-order valence-electron chi connectivity index (χ2n) is 12.7. The smallest absolute Gasteiger partial charge is 0.328 e. The van der Waals surface area contributed by atoms with Crippen molar-refractivity contribution in [3.63, 3.8) is 0 Å². The Morgan fingerprint density at radius 1 is 0.831 bits per heavy atom. The standard InChI is InChI=1S/C38H40ClN9O8S.2ClH/c1-19(42)33(49)45-21(3)37(51)55-17-28(56-38(52)22(4)46-34(50)20(2)43)16-53-27-11-7-23(8-12-27)31-29(13-40)32(44)48-36(30(31)14-41)57-18-26-15-54-35(47-26)24-5-9-25(39)10-6-24;;/h5-12,15,19-22,28H,16-18,42-43H2,1-4H3,(H2,44,48)(H,45,49)(H,46,50);2*1H/t19-,20-,21+,22?,28+;;/m1../s1. The Balaban J connectivity index is 0.00000600. The van der Waals surface area contributed by atoms with Crippen LogP contribution in [0.3, 0.4) is 0 Å². The molecule has 0 saturated carbocycles. The summed E-state index contributed by atoms with van der Waals surface area (Å²) < 4.78 is 22.3. The van der Waals surface area contributed by atoms with Crippen molar-refractivity contribution in [2.24, 2.45) is 11.5 Å². The minimum Gasteiger partial charge on any atom is -0.490 e. The van der Waals surface area contributed by atoms with Gasteiger partial charge in [0.25, 0.3) is 0 Å². The van der Waals surface area contributed by atoms with Crippen LogP contribution in [0.5, 0.6) is 5.75 Å². The van der Waals surface area contributed by atoms with Gasteiger partial charge in [-0.25, -0.2) is 19.6 Å². The van der Waals surface area contributed by atoms with Gasteiger partial charge in [0.05, 0.1) is 23.3 Å². The largest absolute Gasteiger partial charge is 0.490 e. The third kappa shape index (κ3) is 13.7. The highest BCUT2D eigenvalue weighted by Crippen LogP contribution is 2.37. The lowest BCUT2D eigenvalue weighted by Crippen LogP contribution is -2.48. The van der Waals surface area contributed by atoms with E-state index in [2.05, 4.69) is 26.7 Å². The average Bonchev–Trinajstić information content (AvgIpc) is 3.66. The molecule has 2 aromatic carbocycles. The fraction of sp³-hybridized carbons (Fsp3) is 0.316. The SMILES string of the molecule is CC(NC(=O)[C@@H](C)N)C(=O)O[C@H](COC(=O)[C@H](C)NC(=O)[C@@H](C)N)COc1ccc(-c2c(C#N)c(N)nc(SCc3coc(-c4ccc(Cl)cc4)n3)c2C#N)cc1.Cl.Cl. The molecule has 5 atom stereocenters. The van der Waals surface area contributed by atoms with Crippen LogP contribution in [0.25, 0.3) is 22.6 Å². The van der Waals surface area contributed by atoms with Gasteiger partial charge >= 0.3 is 11.9 Å². The molecule has 4 aromatic rings. The van der Waals surface area contributed by atoms with Gasteiger partial charge in [-0.3, -0.25) is 9.59 Å². The van der Waals surface area contributed by atoms with Crippen LogP contribution in [0.15, 0.2) is 64.2 Å². The fourth-order valence-electron chi connectivity index (χ4n) is 4.83. The number of carbonyl (C=O) groups is 4. The number of nitriles is 2. The molecule has 0 fully saturated rings. The molecule has 17 nitrogen and oxygen atoms in total. The number of nitrogens with zero attached hydrogens (tertiary/aromatic N) is 4. The number of thioether (sulfide) groups is 1. The summed E-state index contributed by atoms with van der Waals surface area (Å²) in [7, 11) is 0. The lowest BCUT2D eigenvalue weighted by molar-refractivity contribution is -0.163. The Hall–Kier alpha value is -5.60. The summed E-state index contributed by atoms with van der Waals surface area (Å²) in [6, 6.07) is 13.6. The Labute approximate surface area is 361 Å². The minimum atomic E-state index is -1.17. The molecule has 0 spiro atoms. The number of benzene rings is 2. The normalized spacial score (nSPS) is 13.0. The Bertz CT molecular complexity index is 2180. The third-order valence-corrected chi connectivity index (χ3v) is 9.20. The Morgan fingerprint density at radius 2 is 1.39 bits per heavy atom. The molecule has 21 heteroatoms. The maximum Gasteiger partial charge on any atom is 0.328 e. The van der Waals surface area contributed by atoms with Crippen LogP contribution in [0.4, 0.5) is 5.82 Å². The van der Waals surface area contributed by atoms with Crippen LogP contribution >= 0.6 is 48.2 Å². The molecule has 59 heavy (non-hydrogen) atoms. The molecule has 2 amide bonds. The maximum absolute atomic E-state index is 12.9. The van der Waals surface area contributed by atoms with Gasteiger partial charge in [-0.15, -0.1) is 24.8 Å². The third-order valence-electron chi connectivity index (χ3n) is 7.94. The first kappa shape index (κ1) is 49.5. The summed E-state index contributed by atoms with van der Waals surface area (Å²) in [4.78, 5) is 58.3. The molecule has 2 heterocycles. The highest BCUT2D eigenvalue weighted by Gasteiger charge is 2.27. The van der Waals surface area contributed by atoms with Gasteiger partial charge in [-0.1, -0.05) is 35.5 Å². The molecule has 0 radical (unpaired) electrons. The number of pyridine rings is 1. The number of nitrogens with one attached hydrogen (secondary N) is 2. The number of nitrogen functional groups attached to an aromatic ring is 1. The number of anilines is 1. The van der Waals surface area contributed by atoms with Crippen molar-refractivity contribution in [2.45, 2.75) is 68.7 Å². The van der Waals surface area contributed by atoms with Gasteiger partial charge in [0.1, 0.15) is 65.9 Å². The van der Waals surface area contributed by atoms with Crippen LogP contribution in [0.1, 0.15) is 44.5 Å². The van der Waals surface area contributed by atoms with Gasteiger partial charge < -0.3 is 46.5 Å². The van der Waals surface area contributed by atoms with Gasteiger partial charge in [-0.05, 0) is 69.7 Å². The van der Waals surface area contributed by atoms with E-state index >= 15 is 0 Å². The molecular weight excluding hydrogens is 849 g/mol. The minimum absolute atomic E-state index is 0. The van der Waals surface area contributed by atoms with E-state index in [1.165, 1.54) is 45.7 Å². The highest BCUT2D eigenvalue weighted by molar-refractivity contribution is 7.98. The van der Waals surface area contributed by atoms with Crippen LogP contribution in [0, 0.1) is 22.7 Å². The summed E-state index contributed by atoms with van der Waals surface area (Å²) in [6.07, 6.45) is 0.323. The zero-order valence-electron chi connectivity index (χ0n) is 32.1. The van der Waals surface area contributed by atoms with Crippen LogP contribution in [-0.2, 0) is 34.4 Å². The summed E-state index contributed by atoms with van der Waals surface area (Å²) in [6.45, 7) is 4.90. The van der Waals surface area contributed by atoms with E-state index in [9.17, 15) is 29.7 Å². The van der Waals surface area contributed by atoms with Gasteiger partial charge in [0.15, 0.2) is 6.10 Å². The zero-order valence-corrected chi connectivity index (χ0v) is 35.3. The zero-order chi connectivity index (χ0) is 41.8. The van der Waals surface area contributed by atoms with Crippen molar-refractivity contribution < 1.29 is 37.8 Å². The molecule has 314 valence electrons. The molecule has 4 rings (SSSR count). The molecule has 1 unspecified atom stereocenters. The fourth-order valence-corrected chi connectivity index (χ4v) is 5.83. The lowest BCUT2D eigenvalue weighted by atomic mass is 9.97. The number of ether oxygens (including phenoxy) is 3. The monoisotopic (exact) mass is 889 g/mol. The van der Waals surface area contributed by atoms with E-state index in [-0.39, 0.29) is 70.5 Å². The summed E-state index contributed by atoms with van der Waals surface area (Å²) in [5, 5.41) is 26.0.